The Morgan fingerprint density at radius 3 is 2.75 bits per heavy atom. The maximum Gasteiger partial charge on any atom is 0.240 e. The molecule has 2 aliphatic heterocycles. The Bertz CT molecular complexity index is 647. The molecule has 0 unspecified atom stereocenters. The van der Waals surface area contributed by atoms with Gasteiger partial charge in [0, 0.05) is 24.8 Å². The van der Waals surface area contributed by atoms with Gasteiger partial charge in [0.15, 0.2) is 0 Å². The van der Waals surface area contributed by atoms with Crippen molar-refractivity contribution in [3.8, 4) is 0 Å². The van der Waals surface area contributed by atoms with Gasteiger partial charge < -0.3 is 4.74 Å². The van der Waals surface area contributed by atoms with Crippen LogP contribution < -0.4 is 4.31 Å². The van der Waals surface area contributed by atoms with Crippen molar-refractivity contribution in [2.75, 3.05) is 17.5 Å². The Hall–Kier alpha value is -1.21. The van der Waals surface area contributed by atoms with E-state index in [0.717, 1.165) is 16.4 Å². The Kier molecular flexibility index (Phi) is 3.21. The van der Waals surface area contributed by atoms with E-state index in [0.29, 0.717) is 13.0 Å². The van der Waals surface area contributed by atoms with Crippen LogP contribution in [0.25, 0.3) is 0 Å². The highest BCUT2D eigenvalue weighted by atomic mass is 32.2. The van der Waals surface area contributed by atoms with Gasteiger partial charge in [-0.15, -0.1) is 0 Å². The molecule has 4 nitrogen and oxygen atoms in total. The molecule has 0 amide bonds. The Labute approximate surface area is 116 Å². The van der Waals surface area contributed by atoms with Crippen molar-refractivity contribution < 1.29 is 21.9 Å². The molecular formula is C13H15F2NO3S. The van der Waals surface area contributed by atoms with Crippen molar-refractivity contribution in [2.45, 2.75) is 31.1 Å². The molecule has 2 aliphatic rings. The number of benzene rings is 1. The van der Waals surface area contributed by atoms with E-state index in [1.807, 2.05) is 0 Å². The van der Waals surface area contributed by atoms with Gasteiger partial charge in [0.05, 0.1) is 11.8 Å². The molecule has 3 rings (SSSR count). The molecule has 1 aromatic rings. The molecule has 2 heterocycles. The van der Waals surface area contributed by atoms with Crippen LogP contribution in [-0.4, -0.2) is 32.9 Å². The van der Waals surface area contributed by atoms with E-state index in [2.05, 4.69) is 0 Å². The molecule has 0 radical (unpaired) electrons. The van der Waals surface area contributed by atoms with Crippen molar-refractivity contribution in [2.24, 2.45) is 0 Å². The predicted octanol–water partition coefficient (Wildman–Crippen LogP) is 1.83. The second-order valence-electron chi connectivity index (χ2n) is 5.16. The topological polar surface area (TPSA) is 46.6 Å². The summed E-state index contributed by atoms with van der Waals surface area (Å²) in [5.41, 5.74) is 0.392. The number of fused-ring (bicyclic) bond motifs is 1. The Balaban J connectivity index is 2.02. The minimum atomic E-state index is -3.66. The molecule has 0 spiro atoms. The maximum absolute atomic E-state index is 13.7. The highest BCUT2D eigenvalue weighted by molar-refractivity contribution is 7.93. The SMILES string of the molecule is C[C@@H]1OCC[C@@H]1S(=O)(=O)N1CCc2c(F)cc(F)cc21. The number of halogens is 2. The van der Waals surface area contributed by atoms with Crippen molar-refractivity contribution in [3.05, 3.63) is 29.3 Å². The van der Waals surface area contributed by atoms with Gasteiger partial charge in [0.1, 0.15) is 16.9 Å². The molecule has 0 aliphatic carbocycles. The van der Waals surface area contributed by atoms with Gasteiger partial charge in [-0.25, -0.2) is 17.2 Å². The zero-order chi connectivity index (χ0) is 14.5. The summed E-state index contributed by atoms with van der Waals surface area (Å²) in [4.78, 5) is 0. The first-order valence-corrected chi connectivity index (χ1v) is 8.02. The largest absolute Gasteiger partial charge is 0.377 e. The van der Waals surface area contributed by atoms with Gasteiger partial charge in [-0.3, -0.25) is 4.31 Å². The lowest BCUT2D eigenvalue weighted by Crippen LogP contribution is -2.41. The molecule has 1 fully saturated rings. The average molecular weight is 303 g/mol. The molecule has 20 heavy (non-hydrogen) atoms. The van der Waals surface area contributed by atoms with Gasteiger partial charge >= 0.3 is 0 Å². The van der Waals surface area contributed by atoms with Crippen LogP contribution in [0.3, 0.4) is 0 Å². The summed E-state index contributed by atoms with van der Waals surface area (Å²) in [5, 5.41) is -0.653. The van der Waals surface area contributed by atoms with Gasteiger partial charge in [-0.2, -0.15) is 0 Å². The number of anilines is 1. The predicted molar refractivity (Wildman–Crippen MR) is 70.1 cm³/mol. The number of nitrogens with zero attached hydrogens (tertiary/aromatic N) is 1. The third-order valence-electron chi connectivity index (χ3n) is 3.97. The first kappa shape index (κ1) is 13.8. The molecule has 110 valence electrons. The third kappa shape index (κ3) is 2.00. The van der Waals surface area contributed by atoms with Gasteiger partial charge in [-0.05, 0) is 25.8 Å². The number of hydrogen-bond acceptors (Lipinski definition) is 3. The minimum Gasteiger partial charge on any atom is -0.377 e. The van der Waals surface area contributed by atoms with Gasteiger partial charge in [0.2, 0.25) is 10.0 Å². The first-order valence-electron chi connectivity index (χ1n) is 6.52. The molecule has 1 saturated heterocycles. The molecule has 2 atom stereocenters. The number of sulfonamides is 1. The number of hydrogen-bond donors (Lipinski definition) is 0. The smallest absolute Gasteiger partial charge is 0.240 e. The fraction of sp³-hybridized carbons (Fsp3) is 0.538. The number of ether oxygens (including phenoxy) is 1. The van der Waals surface area contributed by atoms with E-state index in [-0.39, 0.29) is 24.2 Å². The van der Waals surface area contributed by atoms with E-state index in [9.17, 15) is 17.2 Å². The summed E-state index contributed by atoms with van der Waals surface area (Å²) in [6.07, 6.45) is 0.276. The van der Waals surface area contributed by atoms with Crippen LogP contribution in [0, 0.1) is 11.6 Å². The van der Waals surface area contributed by atoms with E-state index >= 15 is 0 Å². The summed E-state index contributed by atoms with van der Waals surface area (Å²) >= 11 is 0. The monoisotopic (exact) mass is 303 g/mol. The van der Waals surface area contributed by atoms with Crippen LogP contribution >= 0.6 is 0 Å². The molecule has 0 bridgehead atoms. The lowest BCUT2D eigenvalue weighted by atomic mass is 10.1. The van der Waals surface area contributed by atoms with E-state index in [4.69, 9.17) is 4.74 Å². The molecular weight excluding hydrogens is 288 g/mol. The van der Waals surface area contributed by atoms with Gasteiger partial charge in [-0.1, -0.05) is 0 Å². The minimum absolute atomic E-state index is 0.126. The first-order chi connectivity index (χ1) is 9.41. The van der Waals surface area contributed by atoms with E-state index < -0.39 is 33.0 Å². The zero-order valence-electron chi connectivity index (χ0n) is 11.0. The molecule has 0 saturated carbocycles. The Morgan fingerprint density at radius 2 is 2.10 bits per heavy atom. The van der Waals surface area contributed by atoms with Gasteiger partial charge in [0.25, 0.3) is 0 Å². The third-order valence-corrected chi connectivity index (χ3v) is 6.34. The van der Waals surface area contributed by atoms with E-state index in [1.54, 1.807) is 6.92 Å². The zero-order valence-corrected chi connectivity index (χ0v) is 11.8. The lowest BCUT2D eigenvalue weighted by molar-refractivity contribution is 0.126. The number of rotatable bonds is 2. The second-order valence-corrected chi connectivity index (χ2v) is 7.23. The van der Waals surface area contributed by atoms with Crippen LogP contribution in [-0.2, 0) is 21.2 Å². The molecule has 7 heteroatoms. The van der Waals surface area contributed by atoms with Crippen LogP contribution in [0.2, 0.25) is 0 Å². The van der Waals surface area contributed by atoms with Crippen molar-refractivity contribution in [1.29, 1.82) is 0 Å². The quantitative estimate of drug-likeness (QED) is 0.837. The van der Waals surface area contributed by atoms with Crippen LogP contribution in [0.1, 0.15) is 18.9 Å². The summed E-state index contributed by atoms with van der Waals surface area (Å²) in [7, 11) is -3.66. The fourth-order valence-electron chi connectivity index (χ4n) is 2.92. The highest BCUT2D eigenvalue weighted by Crippen LogP contribution is 2.36. The lowest BCUT2D eigenvalue weighted by Gasteiger charge is -2.25. The van der Waals surface area contributed by atoms with Crippen LogP contribution in [0.4, 0.5) is 14.5 Å². The summed E-state index contributed by atoms with van der Waals surface area (Å²) in [5.74, 6) is -1.45. The normalized spacial score (nSPS) is 26.1. The average Bonchev–Trinajstić information content (AvgIpc) is 2.95. The van der Waals surface area contributed by atoms with E-state index in [1.165, 1.54) is 0 Å². The summed E-state index contributed by atoms with van der Waals surface area (Å²) in [6, 6.07) is 1.87. The molecule has 1 aromatic carbocycles. The maximum atomic E-state index is 13.7. The second kappa shape index (κ2) is 4.66. The molecule has 0 N–H and O–H groups in total. The van der Waals surface area contributed by atoms with Crippen molar-refractivity contribution in [1.82, 2.24) is 0 Å². The summed E-state index contributed by atoms with van der Waals surface area (Å²) < 4.78 is 58.7. The van der Waals surface area contributed by atoms with Crippen molar-refractivity contribution in [3.63, 3.8) is 0 Å². The highest BCUT2D eigenvalue weighted by Gasteiger charge is 2.42. The Morgan fingerprint density at radius 1 is 1.35 bits per heavy atom. The van der Waals surface area contributed by atoms with Crippen LogP contribution in [0.15, 0.2) is 12.1 Å². The van der Waals surface area contributed by atoms with Crippen LogP contribution in [0.5, 0.6) is 0 Å². The summed E-state index contributed by atoms with van der Waals surface area (Å²) in [6.45, 7) is 2.25. The van der Waals surface area contributed by atoms with Crippen molar-refractivity contribution >= 4 is 15.7 Å². The fourth-order valence-corrected chi connectivity index (χ4v) is 4.99. The molecule has 0 aromatic heterocycles. The standard InChI is InChI=1S/C13H15F2NO3S/c1-8-13(3-5-19-8)20(17,18)16-4-2-10-11(15)6-9(14)7-12(10)16/h6-8,13H,2-5H2,1H3/t8-,13-/m0/s1.